The van der Waals surface area contributed by atoms with Crippen molar-refractivity contribution in [1.82, 2.24) is 24.6 Å². The zero-order valence-electron chi connectivity index (χ0n) is 14.1. The summed E-state index contributed by atoms with van der Waals surface area (Å²) in [4.78, 5) is 19.0. The standard InChI is InChI=1S/C17H25N5O/c1-12(2)14-10-15(20-19-14)17(23)22-7-4-5-13(11-22)9-16-18-6-8-21(16)3/h6,8,10,12-13H,4-5,7,9,11H2,1-3H3,(H,19,20). The summed E-state index contributed by atoms with van der Waals surface area (Å²) in [5.41, 5.74) is 1.54. The molecule has 6 heteroatoms. The van der Waals surface area contributed by atoms with Crippen LogP contribution in [0.5, 0.6) is 0 Å². The number of hydrogen-bond acceptors (Lipinski definition) is 3. The number of aryl methyl sites for hydroxylation is 1. The fraction of sp³-hybridized carbons (Fsp3) is 0.588. The lowest BCUT2D eigenvalue weighted by molar-refractivity contribution is 0.0666. The van der Waals surface area contributed by atoms with Crippen molar-refractivity contribution in [2.45, 2.75) is 39.0 Å². The minimum atomic E-state index is 0.0395. The molecule has 1 unspecified atom stereocenters. The Hall–Kier alpha value is -2.11. The Balaban J connectivity index is 1.65. The molecule has 1 saturated heterocycles. The van der Waals surface area contributed by atoms with E-state index >= 15 is 0 Å². The van der Waals surface area contributed by atoms with E-state index in [4.69, 9.17) is 0 Å². The second-order valence-electron chi connectivity index (χ2n) is 6.78. The van der Waals surface area contributed by atoms with E-state index in [1.165, 1.54) is 0 Å². The Bertz CT molecular complexity index is 672. The Morgan fingerprint density at radius 2 is 2.30 bits per heavy atom. The van der Waals surface area contributed by atoms with Gasteiger partial charge in [-0.3, -0.25) is 9.89 Å². The van der Waals surface area contributed by atoms with E-state index in [2.05, 4.69) is 33.6 Å². The lowest BCUT2D eigenvalue weighted by atomic mass is 9.94. The van der Waals surface area contributed by atoms with Gasteiger partial charge in [-0.2, -0.15) is 5.10 Å². The molecule has 1 amide bonds. The molecule has 2 aromatic rings. The number of carbonyl (C=O) groups excluding carboxylic acids is 1. The van der Waals surface area contributed by atoms with Gasteiger partial charge in [-0.15, -0.1) is 0 Å². The summed E-state index contributed by atoms with van der Waals surface area (Å²) >= 11 is 0. The van der Waals surface area contributed by atoms with Crippen LogP contribution in [0.4, 0.5) is 0 Å². The number of amides is 1. The molecule has 0 aromatic carbocycles. The van der Waals surface area contributed by atoms with Crippen LogP contribution < -0.4 is 0 Å². The van der Waals surface area contributed by atoms with Crippen molar-refractivity contribution < 1.29 is 4.79 Å². The Kier molecular flexibility index (Phi) is 4.50. The first kappa shape index (κ1) is 15.8. The summed E-state index contributed by atoms with van der Waals surface area (Å²) in [6, 6.07) is 1.88. The van der Waals surface area contributed by atoms with Crippen LogP contribution in [0.2, 0.25) is 0 Å². The van der Waals surface area contributed by atoms with Gasteiger partial charge in [0.1, 0.15) is 11.5 Å². The molecule has 0 aliphatic carbocycles. The summed E-state index contributed by atoms with van der Waals surface area (Å²) in [6.07, 6.45) is 6.92. The molecule has 1 aliphatic rings. The highest BCUT2D eigenvalue weighted by Crippen LogP contribution is 2.22. The molecule has 6 nitrogen and oxygen atoms in total. The SMILES string of the molecule is CC(C)c1cc(C(=O)N2CCCC(Cc3nccn3C)C2)n[nH]1. The van der Waals surface area contributed by atoms with Crippen LogP contribution in [0.15, 0.2) is 18.5 Å². The third kappa shape index (κ3) is 3.46. The van der Waals surface area contributed by atoms with Crippen molar-refractivity contribution in [1.29, 1.82) is 0 Å². The number of likely N-dealkylation sites (tertiary alicyclic amines) is 1. The molecule has 2 aromatic heterocycles. The van der Waals surface area contributed by atoms with Crippen LogP contribution >= 0.6 is 0 Å². The van der Waals surface area contributed by atoms with E-state index in [9.17, 15) is 4.79 Å². The highest BCUT2D eigenvalue weighted by atomic mass is 16.2. The molecule has 0 radical (unpaired) electrons. The highest BCUT2D eigenvalue weighted by molar-refractivity contribution is 5.92. The maximum atomic E-state index is 12.7. The summed E-state index contributed by atoms with van der Waals surface area (Å²) < 4.78 is 2.06. The molecular formula is C17H25N5O. The number of aromatic nitrogens is 4. The van der Waals surface area contributed by atoms with Gasteiger partial charge < -0.3 is 9.47 Å². The van der Waals surface area contributed by atoms with Crippen LogP contribution in [-0.2, 0) is 13.5 Å². The van der Waals surface area contributed by atoms with Crippen molar-refractivity contribution in [2.75, 3.05) is 13.1 Å². The lowest BCUT2D eigenvalue weighted by Crippen LogP contribution is -2.40. The number of carbonyl (C=O) groups is 1. The van der Waals surface area contributed by atoms with Crippen molar-refractivity contribution in [2.24, 2.45) is 13.0 Å². The van der Waals surface area contributed by atoms with Gasteiger partial charge in [0.15, 0.2) is 0 Å². The number of piperidine rings is 1. The zero-order chi connectivity index (χ0) is 16.4. The molecule has 23 heavy (non-hydrogen) atoms. The average molecular weight is 315 g/mol. The smallest absolute Gasteiger partial charge is 0.274 e. The summed E-state index contributed by atoms with van der Waals surface area (Å²) in [7, 11) is 2.02. The van der Waals surface area contributed by atoms with Crippen LogP contribution in [0.1, 0.15) is 54.6 Å². The average Bonchev–Trinajstić information content (AvgIpc) is 3.17. The molecule has 124 valence electrons. The van der Waals surface area contributed by atoms with Gasteiger partial charge >= 0.3 is 0 Å². The van der Waals surface area contributed by atoms with Crippen LogP contribution in [0.3, 0.4) is 0 Å². The molecule has 1 atom stereocenters. The van der Waals surface area contributed by atoms with Crippen LogP contribution in [-0.4, -0.2) is 43.6 Å². The van der Waals surface area contributed by atoms with Gasteiger partial charge in [-0.25, -0.2) is 4.98 Å². The largest absolute Gasteiger partial charge is 0.338 e. The number of nitrogens with zero attached hydrogens (tertiary/aromatic N) is 4. The highest BCUT2D eigenvalue weighted by Gasteiger charge is 2.26. The number of H-pyrrole nitrogens is 1. The minimum Gasteiger partial charge on any atom is -0.338 e. The maximum Gasteiger partial charge on any atom is 0.274 e. The third-order valence-corrected chi connectivity index (χ3v) is 4.64. The molecule has 1 aliphatic heterocycles. The first-order valence-corrected chi connectivity index (χ1v) is 8.35. The molecule has 0 spiro atoms. The molecule has 1 N–H and O–H groups in total. The van der Waals surface area contributed by atoms with Gasteiger partial charge in [-0.1, -0.05) is 13.8 Å². The fourth-order valence-electron chi connectivity index (χ4n) is 3.17. The number of imidazole rings is 1. The van der Waals surface area contributed by atoms with E-state index in [0.29, 0.717) is 17.5 Å². The Labute approximate surface area is 136 Å². The van der Waals surface area contributed by atoms with Crippen molar-refractivity contribution in [3.63, 3.8) is 0 Å². The lowest BCUT2D eigenvalue weighted by Gasteiger charge is -2.32. The number of aromatic amines is 1. The number of rotatable bonds is 4. The fourth-order valence-corrected chi connectivity index (χ4v) is 3.17. The van der Waals surface area contributed by atoms with Crippen molar-refractivity contribution in [3.05, 3.63) is 35.7 Å². The Morgan fingerprint density at radius 1 is 1.48 bits per heavy atom. The first-order chi connectivity index (χ1) is 11.0. The molecule has 3 heterocycles. The van der Waals surface area contributed by atoms with Crippen LogP contribution in [0.25, 0.3) is 0 Å². The van der Waals surface area contributed by atoms with E-state index in [0.717, 1.165) is 43.9 Å². The number of nitrogens with one attached hydrogen (secondary N) is 1. The maximum absolute atomic E-state index is 12.7. The second-order valence-corrected chi connectivity index (χ2v) is 6.78. The third-order valence-electron chi connectivity index (χ3n) is 4.64. The van der Waals surface area contributed by atoms with Gasteiger partial charge in [0.05, 0.1) is 0 Å². The number of hydrogen-bond donors (Lipinski definition) is 1. The Morgan fingerprint density at radius 3 is 2.96 bits per heavy atom. The monoisotopic (exact) mass is 315 g/mol. The summed E-state index contributed by atoms with van der Waals surface area (Å²) in [6.45, 7) is 5.78. The first-order valence-electron chi connectivity index (χ1n) is 8.35. The van der Waals surface area contributed by atoms with Gasteiger partial charge in [0.2, 0.25) is 0 Å². The zero-order valence-corrected chi connectivity index (χ0v) is 14.1. The molecule has 0 bridgehead atoms. The molecular weight excluding hydrogens is 290 g/mol. The van der Waals surface area contributed by atoms with Crippen LogP contribution in [0, 0.1) is 5.92 Å². The molecule has 0 saturated carbocycles. The molecule has 3 rings (SSSR count). The summed E-state index contributed by atoms with van der Waals surface area (Å²) in [5, 5.41) is 7.16. The normalized spacial score (nSPS) is 18.6. The van der Waals surface area contributed by atoms with E-state index in [-0.39, 0.29) is 5.91 Å². The predicted molar refractivity (Wildman–Crippen MR) is 88.2 cm³/mol. The molecule has 1 fully saturated rings. The van der Waals surface area contributed by atoms with E-state index in [1.54, 1.807) is 0 Å². The predicted octanol–water partition coefficient (Wildman–Crippen LogP) is 2.36. The minimum absolute atomic E-state index is 0.0395. The van der Waals surface area contributed by atoms with Gasteiger partial charge in [-0.05, 0) is 30.7 Å². The van der Waals surface area contributed by atoms with Gasteiger partial charge in [0, 0.05) is 44.6 Å². The summed E-state index contributed by atoms with van der Waals surface area (Å²) in [5.74, 6) is 1.95. The topological polar surface area (TPSA) is 66.8 Å². The second kappa shape index (κ2) is 6.56. The van der Waals surface area contributed by atoms with Gasteiger partial charge in [0.25, 0.3) is 5.91 Å². The van der Waals surface area contributed by atoms with E-state index in [1.807, 2.05) is 30.4 Å². The van der Waals surface area contributed by atoms with Crippen molar-refractivity contribution >= 4 is 5.91 Å². The van der Waals surface area contributed by atoms with Crippen molar-refractivity contribution in [3.8, 4) is 0 Å². The van der Waals surface area contributed by atoms with E-state index < -0.39 is 0 Å². The quantitative estimate of drug-likeness (QED) is 0.942.